The van der Waals surface area contributed by atoms with E-state index >= 15 is 0 Å². The molecular formula is C16H22BrNO3. The van der Waals surface area contributed by atoms with Gasteiger partial charge in [-0.3, -0.25) is 4.79 Å². The summed E-state index contributed by atoms with van der Waals surface area (Å²) in [6.45, 7) is 6.07. The number of rotatable bonds is 6. The molecule has 21 heavy (non-hydrogen) atoms. The number of benzene rings is 1. The van der Waals surface area contributed by atoms with Crippen molar-refractivity contribution in [3.8, 4) is 11.5 Å². The molecule has 0 aliphatic carbocycles. The van der Waals surface area contributed by atoms with Gasteiger partial charge >= 0.3 is 0 Å². The van der Waals surface area contributed by atoms with Gasteiger partial charge in [0.15, 0.2) is 11.5 Å². The lowest BCUT2D eigenvalue weighted by Gasteiger charge is -2.25. The van der Waals surface area contributed by atoms with E-state index in [0.29, 0.717) is 36.8 Å². The maximum absolute atomic E-state index is 12.2. The summed E-state index contributed by atoms with van der Waals surface area (Å²) in [5.41, 5.74) is 0.701. The highest BCUT2D eigenvalue weighted by molar-refractivity contribution is 9.09. The van der Waals surface area contributed by atoms with Gasteiger partial charge in [-0.15, -0.1) is 0 Å². The first-order chi connectivity index (χ1) is 10.0. The van der Waals surface area contributed by atoms with Crippen molar-refractivity contribution in [2.75, 3.05) is 25.1 Å². The number of hydrogen-bond acceptors (Lipinski definition) is 3. The Bertz CT molecular complexity index is 502. The Morgan fingerprint density at radius 1 is 1.29 bits per heavy atom. The molecule has 1 aliphatic heterocycles. The van der Waals surface area contributed by atoms with Gasteiger partial charge < -0.3 is 14.8 Å². The van der Waals surface area contributed by atoms with E-state index < -0.39 is 0 Å². The van der Waals surface area contributed by atoms with Gasteiger partial charge in [-0.05, 0) is 36.5 Å². The molecule has 1 amide bonds. The third kappa shape index (κ3) is 4.63. The second-order valence-corrected chi connectivity index (χ2v) is 6.79. The summed E-state index contributed by atoms with van der Waals surface area (Å²) < 4.78 is 11.0. The molecular weight excluding hydrogens is 334 g/mol. The van der Waals surface area contributed by atoms with E-state index in [0.717, 1.165) is 18.2 Å². The predicted octanol–water partition coefficient (Wildman–Crippen LogP) is 3.39. The maximum atomic E-state index is 12.2. The molecule has 1 aromatic rings. The first-order valence-corrected chi connectivity index (χ1v) is 8.38. The molecule has 116 valence electrons. The molecule has 5 heteroatoms. The number of hydrogen-bond donors (Lipinski definition) is 1. The van der Waals surface area contributed by atoms with Crippen molar-refractivity contribution in [1.82, 2.24) is 5.32 Å². The lowest BCUT2D eigenvalue weighted by atomic mass is 9.88. The Balaban J connectivity index is 1.94. The first kappa shape index (κ1) is 16.1. The molecule has 0 saturated heterocycles. The van der Waals surface area contributed by atoms with Crippen LogP contribution >= 0.6 is 15.9 Å². The van der Waals surface area contributed by atoms with Gasteiger partial charge in [0.1, 0.15) is 13.2 Å². The molecule has 1 aromatic carbocycles. The van der Waals surface area contributed by atoms with Crippen LogP contribution in [0, 0.1) is 5.41 Å². The van der Waals surface area contributed by atoms with Crippen LogP contribution in [0.4, 0.5) is 0 Å². The monoisotopic (exact) mass is 355 g/mol. The Labute approximate surface area is 134 Å². The minimum absolute atomic E-state index is 0.0705. The fraction of sp³-hybridized carbons (Fsp3) is 0.562. The van der Waals surface area contributed by atoms with Crippen LogP contribution in [0.1, 0.15) is 37.0 Å². The van der Waals surface area contributed by atoms with Crippen molar-refractivity contribution in [3.05, 3.63) is 23.8 Å². The molecule has 0 saturated carbocycles. The lowest BCUT2D eigenvalue weighted by molar-refractivity contribution is 0.0933. The van der Waals surface area contributed by atoms with Crippen LogP contribution < -0.4 is 14.8 Å². The minimum Gasteiger partial charge on any atom is -0.486 e. The third-order valence-corrected chi connectivity index (χ3v) is 4.08. The Morgan fingerprint density at radius 2 is 2.00 bits per heavy atom. The molecule has 0 atom stereocenters. The van der Waals surface area contributed by atoms with Crippen LogP contribution in [0.25, 0.3) is 0 Å². The summed E-state index contributed by atoms with van der Waals surface area (Å²) in [6.07, 6.45) is 2.17. The minimum atomic E-state index is -0.0705. The molecule has 0 aromatic heterocycles. The Morgan fingerprint density at radius 3 is 2.71 bits per heavy atom. The second kappa shape index (κ2) is 7.16. The van der Waals surface area contributed by atoms with Crippen LogP contribution in [0.3, 0.4) is 0 Å². The zero-order chi connectivity index (χ0) is 15.3. The first-order valence-electron chi connectivity index (χ1n) is 7.26. The van der Waals surface area contributed by atoms with Crippen molar-refractivity contribution >= 4 is 21.8 Å². The number of nitrogens with one attached hydrogen (secondary N) is 1. The molecule has 2 rings (SSSR count). The van der Waals surface area contributed by atoms with Crippen molar-refractivity contribution in [2.45, 2.75) is 26.7 Å². The highest BCUT2D eigenvalue weighted by Crippen LogP contribution is 2.30. The number of amides is 1. The highest BCUT2D eigenvalue weighted by Gasteiger charge is 2.20. The summed E-state index contributed by atoms with van der Waals surface area (Å²) in [4.78, 5) is 12.2. The van der Waals surface area contributed by atoms with Crippen molar-refractivity contribution in [3.63, 3.8) is 0 Å². The number of carbonyl (C=O) groups is 1. The quantitative estimate of drug-likeness (QED) is 0.795. The summed E-state index contributed by atoms with van der Waals surface area (Å²) in [5.74, 6) is 1.28. The van der Waals surface area contributed by atoms with Gasteiger partial charge in [0.2, 0.25) is 0 Å². The molecule has 0 fully saturated rings. The van der Waals surface area contributed by atoms with Crippen LogP contribution in [-0.4, -0.2) is 31.0 Å². The second-order valence-electron chi connectivity index (χ2n) is 6.00. The van der Waals surface area contributed by atoms with E-state index in [1.54, 1.807) is 18.2 Å². The van der Waals surface area contributed by atoms with Crippen LogP contribution in [0.2, 0.25) is 0 Å². The summed E-state index contributed by atoms with van der Waals surface area (Å²) in [6, 6.07) is 5.31. The van der Waals surface area contributed by atoms with Gasteiger partial charge in [-0.25, -0.2) is 0 Å². The van der Waals surface area contributed by atoms with Crippen molar-refractivity contribution in [2.24, 2.45) is 5.41 Å². The number of fused-ring (bicyclic) bond motifs is 1. The molecule has 1 heterocycles. The van der Waals surface area contributed by atoms with Crippen LogP contribution in [0.5, 0.6) is 11.5 Å². The van der Waals surface area contributed by atoms with Crippen LogP contribution in [-0.2, 0) is 0 Å². The van der Waals surface area contributed by atoms with E-state index in [9.17, 15) is 4.79 Å². The normalized spacial score (nSPS) is 13.9. The SMILES string of the molecule is CC(C)(CCCBr)CNC(=O)c1ccc2c(c1)OCCO2. The molecule has 1 N–H and O–H groups in total. The summed E-state index contributed by atoms with van der Waals surface area (Å²) >= 11 is 3.44. The molecule has 0 bridgehead atoms. The maximum Gasteiger partial charge on any atom is 0.251 e. The smallest absolute Gasteiger partial charge is 0.251 e. The van der Waals surface area contributed by atoms with E-state index in [1.807, 2.05) is 0 Å². The molecule has 0 radical (unpaired) electrons. The predicted molar refractivity (Wildman–Crippen MR) is 86.6 cm³/mol. The van der Waals surface area contributed by atoms with Crippen molar-refractivity contribution in [1.29, 1.82) is 0 Å². The average Bonchev–Trinajstić information content (AvgIpc) is 2.50. The zero-order valence-corrected chi connectivity index (χ0v) is 14.2. The fourth-order valence-corrected chi connectivity index (χ4v) is 2.52. The lowest BCUT2D eigenvalue weighted by Crippen LogP contribution is -2.34. The summed E-state index contributed by atoms with van der Waals surface area (Å²) in [5, 5.41) is 4.00. The molecule has 0 spiro atoms. The molecule has 1 aliphatic rings. The van der Waals surface area contributed by atoms with Gasteiger partial charge in [-0.2, -0.15) is 0 Å². The standard InChI is InChI=1S/C16H22BrNO3/c1-16(2,6-3-7-17)11-18-15(19)12-4-5-13-14(10-12)21-9-8-20-13/h4-5,10H,3,6-9,11H2,1-2H3,(H,18,19). The van der Waals surface area contributed by atoms with Gasteiger partial charge in [0, 0.05) is 17.4 Å². The number of ether oxygens (including phenoxy) is 2. The van der Waals surface area contributed by atoms with E-state index in [4.69, 9.17) is 9.47 Å². The van der Waals surface area contributed by atoms with Crippen molar-refractivity contribution < 1.29 is 14.3 Å². The molecule has 4 nitrogen and oxygen atoms in total. The third-order valence-electron chi connectivity index (χ3n) is 3.52. The highest BCUT2D eigenvalue weighted by atomic mass is 79.9. The van der Waals surface area contributed by atoms with Gasteiger partial charge in [0.25, 0.3) is 5.91 Å². The summed E-state index contributed by atoms with van der Waals surface area (Å²) in [7, 11) is 0. The Kier molecular flexibility index (Phi) is 5.51. The number of halogens is 1. The Hall–Kier alpha value is -1.23. The zero-order valence-electron chi connectivity index (χ0n) is 12.6. The van der Waals surface area contributed by atoms with E-state index in [2.05, 4.69) is 35.1 Å². The van der Waals surface area contributed by atoms with E-state index in [1.165, 1.54) is 0 Å². The van der Waals surface area contributed by atoms with E-state index in [-0.39, 0.29) is 11.3 Å². The number of alkyl halides is 1. The average molecular weight is 356 g/mol. The number of carbonyl (C=O) groups excluding carboxylic acids is 1. The largest absolute Gasteiger partial charge is 0.486 e. The topological polar surface area (TPSA) is 47.6 Å². The van der Waals surface area contributed by atoms with Gasteiger partial charge in [-0.1, -0.05) is 29.8 Å². The molecule has 0 unspecified atom stereocenters. The fourth-order valence-electron chi connectivity index (χ4n) is 2.24. The van der Waals surface area contributed by atoms with Gasteiger partial charge in [0.05, 0.1) is 0 Å². The van der Waals surface area contributed by atoms with Crippen LogP contribution in [0.15, 0.2) is 18.2 Å².